The van der Waals surface area contributed by atoms with Gasteiger partial charge in [0.1, 0.15) is 6.07 Å². The van der Waals surface area contributed by atoms with Crippen molar-refractivity contribution in [2.75, 3.05) is 13.1 Å². The summed E-state index contributed by atoms with van der Waals surface area (Å²) in [6.45, 7) is 2.79. The fourth-order valence-corrected chi connectivity index (χ4v) is 2.17. The SMILES string of the molecule is Cc1cccc(C2=CCN(C(=O)O)CC2)c1C#N. The molecule has 1 heterocycles. The number of carbonyl (C=O) groups is 1. The van der Waals surface area contributed by atoms with Gasteiger partial charge in [-0.15, -0.1) is 0 Å². The molecule has 2 rings (SSSR count). The van der Waals surface area contributed by atoms with Crippen molar-refractivity contribution in [1.82, 2.24) is 4.90 Å². The average molecular weight is 242 g/mol. The standard InChI is InChI=1S/C14H14N2O2/c1-10-3-2-4-12(13(10)9-15)11-5-7-16(8-6-11)14(17)18/h2-5H,6-8H2,1H3,(H,17,18). The quantitative estimate of drug-likeness (QED) is 0.823. The monoisotopic (exact) mass is 242 g/mol. The fraction of sp³-hybridized carbons (Fsp3) is 0.286. The molecule has 1 aromatic carbocycles. The second-order valence-electron chi connectivity index (χ2n) is 4.32. The Bertz CT molecular complexity index is 555. The van der Waals surface area contributed by atoms with Gasteiger partial charge in [-0.3, -0.25) is 0 Å². The third-order valence-electron chi connectivity index (χ3n) is 3.21. The van der Waals surface area contributed by atoms with Crippen molar-refractivity contribution in [2.24, 2.45) is 0 Å². The zero-order valence-electron chi connectivity index (χ0n) is 10.2. The van der Waals surface area contributed by atoms with Crippen LogP contribution in [0.1, 0.15) is 23.1 Å². The highest BCUT2D eigenvalue weighted by atomic mass is 16.4. The highest BCUT2D eigenvalue weighted by Gasteiger charge is 2.18. The van der Waals surface area contributed by atoms with Gasteiger partial charge in [0, 0.05) is 13.1 Å². The number of amides is 1. The molecule has 0 saturated heterocycles. The summed E-state index contributed by atoms with van der Waals surface area (Å²) in [6.07, 6.45) is 1.66. The smallest absolute Gasteiger partial charge is 0.407 e. The maximum atomic E-state index is 10.8. The lowest BCUT2D eigenvalue weighted by Crippen LogP contribution is -2.33. The molecule has 0 atom stereocenters. The lowest BCUT2D eigenvalue weighted by molar-refractivity contribution is 0.150. The Kier molecular flexibility index (Phi) is 3.33. The fourth-order valence-electron chi connectivity index (χ4n) is 2.17. The number of aryl methyl sites for hydroxylation is 1. The predicted molar refractivity (Wildman–Crippen MR) is 68.1 cm³/mol. The summed E-state index contributed by atoms with van der Waals surface area (Å²) in [6, 6.07) is 7.99. The van der Waals surface area contributed by atoms with Gasteiger partial charge in [-0.1, -0.05) is 24.3 Å². The highest BCUT2D eigenvalue weighted by molar-refractivity contribution is 5.74. The van der Waals surface area contributed by atoms with Gasteiger partial charge in [0.15, 0.2) is 0 Å². The molecule has 0 saturated carbocycles. The van der Waals surface area contributed by atoms with Gasteiger partial charge < -0.3 is 10.0 Å². The molecule has 92 valence electrons. The largest absolute Gasteiger partial charge is 0.465 e. The van der Waals surface area contributed by atoms with Crippen molar-refractivity contribution in [3.63, 3.8) is 0 Å². The Hall–Kier alpha value is -2.28. The van der Waals surface area contributed by atoms with Crippen LogP contribution >= 0.6 is 0 Å². The van der Waals surface area contributed by atoms with Crippen LogP contribution in [0.15, 0.2) is 24.3 Å². The molecule has 0 aromatic heterocycles. The Labute approximate surface area is 106 Å². The van der Waals surface area contributed by atoms with E-state index >= 15 is 0 Å². The molecule has 0 fully saturated rings. The number of benzene rings is 1. The van der Waals surface area contributed by atoms with Crippen molar-refractivity contribution >= 4 is 11.7 Å². The van der Waals surface area contributed by atoms with Crippen LogP contribution in [0.5, 0.6) is 0 Å². The van der Waals surface area contributed by atoms with E-state index in [1.165, 1.54) is 4.90 Å². The van der Waals surface area contributed by atoms with Crippen LogP contribution in [0.3, 0.4) is 0 Å². The normalized spacial score (nSPS) is 14.9. The number of carboxylic acid groups (broad SMARTS) is 1. The van der Waals surface area contributed by atoms with Crippen LogP contribution < -0.4 is 0 Å². The van der Waals surface area contributed by atoms with E-state index in [0.29, 0.717) is 25.1 Å². The second kappa shape index (κ2) is 4.92. The summed E-state index contributed by atoms with van der Waals surface area (Å²) >= 11 is 0. The first-order chi connectivity index (χ1) is 8.63. The van der Waals surface area contributed by atoms with Gasteiger partial charge >= 0.3 is 6.09 Å². The minimum atomic E-state index is -0.893. The number of rotatable bonds is 1. The lowest BCUT2D eigenvalue weighted by atomic mass is 9.93. The van der Waals surface area contributed by atoms with E-state index in [-0.39, 0.29) is 0 Å². The molecule has 1 aromatic rings. The summed E-state index contributed by atoms with van der Waals surface area (Å²) < 4.78 is 0. The Balaban J connectivity index is 2.32. The summed E-state index contributed by atoms with van der Waals surface area (Å²) in [7, 11) is 0. The maximum absolute atomic E-state index is 10.8. The zero-order chi connectivity index (χ0) is 13.1. The van der Waals surface area contributed by atoms with E-state index in [1.807, 2.05) is 31.2 Å². The van der Waals surface area contributed by atoms with Crippen molar-refractivity contribution in [2.45, 2.75) is 13.3 Å². The van der Waals surface area contributed by atoms with E-state index in [4.69, 9.17) is 5.11 Å². The number of hydrogen-bond donors (Lipinski definition) is 1. The van der Waals surface area contributed by atoms with Crippen LogP contribution in [0.2, 0.25) is 0 Å². The number of nitrogens with zero attached hydrogens (tertiary/aromatic N) is 2. The maximum Gasteiger partial charge on any atom is 0.407 e. The topological polar surface area (TPSA) is 64.3 Å². The third-order valence-corrected chi connectivity index (χ3v) is 3.21. The molecular formula is C14H14N2O2. The molecule has 18 heavy (non-hydrogen) atoms. The molecule has 0 spiro atoms. The molecule has 0 unspecified atom stereocenters. The van der Waals surface area contributed by atoms with Gasteiger partial charge in [0.2, 0.25) is 0 Å². The highest BCUT2D eigenvalue weighted by Crippen LogP contribution is 2.26. The minimum absolute atomic E-state index is 0.392. The first-order valence-corrected chi connectivity index (χ1v) is 5.80. The van der Waals surface area contributed by atoms with Crippen molar-refractivity contribution in [3.05, 3.63) is 41.0 Å². The van der Waals surface area contributed by atoms with E-state index in [2.05, 4.69) is 6.07 Å². The molecule has 0 aliphatic carbocycles. The van der Waals surface area contributed by atoms with Gasteiger partial charge in [-0.2, -0.15) is 5.26 Å². The summed E-state index contributed by atoms with van der Waals surface area (Å²) in [5.74, 6) is 0. The third kappa shape index (κ3) is 2.21. The molecule has 0 bridgehead atoms. The van der Waals surface area contributed by atoms with Crippen LogP contribution in [0, 0.1) is 18.3 Å². The van der Waals surface area contributed by atoms with E-state index < -0.39 is 6.09 Å². The number of hydrogen-bond acceptors (Lipinski definition) is 2. The van der Waals surface area contributed by atoms with Crippen LogP contribution in [-0.4, -0.2) is 29.2 Å². The molecule has 0 radical (unpaired) electrons. The molecule has 4 nitrogen and oxygen atoms in total. The van der Waals surface area contributed by atoms with Gasteiger partial charge in [-0.25, -0.2) is 4.79 Å². The number of nitriles is 1. The summed E-state index contributed by atoms with van der Waals surface area (Å²) in [5, 5.41) is 18.1. The summed E-state index contributed by atoms with van der Waals surface area (Å²) in [4.78, 5) is 12.2. The van der Waals surface area contributed by atoms with Crippen molar-refractivity contribution < 1.29 is 9.90 Å². The van der Waals surface area contributed by atoms with Gasteiger partial charge in [0.05, 0.1) is 5.56 Å². The van der Waals surface area contributed by atoms with E-state index in [1.54, 1.807) is 0 Å². The van der Waals surface area contributed by atoms with Gasteiger partial charge in [-0.05, 0) is 30.0 Å². The zero-order valence-corrected chi connectivity index (χ0v) is 10.2. The van der Waals surface area contributed by atoms with Crippen molar-refractivity contribution in [3.8, 4) is 6.07 Å². The van der Waals surface area contributed by atoms with Crippen LogP contribution in [-0.2, 0) is 0 Å². The Morgan fingerprint density at radius 1 is 1.50 bits per heavy atom. The predicted octanol–water partition coefficient (Wildman–Crippen LogP) is 2.63. The molecule has 1 amide bonds. The van der Waals surface area contributed by atoms with E-state index in [9.17, 15) is 10.1 Å². The molecule has 1 aliphatic heterocycles. The van der Waals surface area contributed by atoms with Crippen LogP contribution in [0.25, 0.3) is 5.57 Å². The van der Waals surface area contributed by atoms with E-state index in [0.717, 1.165) is 16.7 Å². The summed E-state index contributed by atoms with van der Waals surface area (Å²) in [5.41, 5.74) is 3.64. The average Bonchev–Trinajstić information content (AvgIpc) is 2.38. The Morgan fingerprint density at radius 2 is 2.28 bits per heavy atom. The molecule has 1 aliphatic rings. The second-order valence-corrected chi connectivity index (χ2v) is 4.32. The molecule has 4 heteroatoms. The lowest BCUT2D eigenvalue weighted by Gasteiger charge is -2.24. The molecule has 1 N–H and O–H groups in total. The molecular weight excluding hydrogens is 228 g/mol. The first-order valence-electron chi connectivity index (χ1n) is 5.80. The van der Waals surface area contributed by atoms with Gasteiger partial charge in [0.25, 0.3) is 0 Å². The van der Waals surface area contributed by atoms with Crippen LogP contribution in [0.4, 0.5) is 4.79 Å². The van der Waals surface area contributed by atoms with Crippen molar-refractivity contribution in [1.29, 1.82) is 5.26 Å². The first kappa shape index (κ1) is 12.2. The minimum Gasteiger partial charge on any atom is -0.465 e. The Morgan fingerprint density at radius 3 is 2.83 bits per heavy atom.